The fraction of sp³-hybridized carbons (Fsp3) is 0.611. The van der Waals surface area contributed by atoms with Gasteiger partial charge in [-0.1, -0.05) is 0 Å². The van der Waals surface area contributed by atoms with Crippen molar-refractivity contribution in [2.75, 3.05) is 18.4 Å². The molecule has 2 fully saturated rings. The second-order valence-electron chi connectivity index (χ2n) is 7.65. The van der Waals surface area contributed by atoms with Gasteiger partial charge in [0.15, 0.2) is 0 Å². The Hall–Kier alpha value is -1.95. The van der Waals surface area contributed by atoms with Crippen LogP contribution in [0.25, 0.3) is 0 Å². The van der Waals surface area contributed by atoms with Gasteiger partial charge < -0.3 is 9.88 Å². The topological polar surface area (TPSA) is 58.9 Å². The van der Waals surface area contributed by atoms with Crippen LogP contribution in [0.15, 0.2) is 31.0 Å². The summed E-state index contributed by atoms with van der Waals surface area (Å²) < 4.78 is 2.28. The normalized spacial score (nSPS) is 26.9. The van der Waals surface area contributed by atoms with E-state index in [0.29, 0.717) is 17.5 Å². The molecule has 2 aliphatic rings. The minimum atomic E-state index is 0.476. The number of imidazole rings is 1. The van der Waals surface area contributed by atoms with Gasteiger partial charge in [0, 0.05) is 37.2 Å². The standard InChI is InChI=1S/C18H26N6/c1-14(2)24-8-6-20-17(24)11-23-7-4-18(12-23)9-15(10-18)22-16-3-5-19-13-21-16/h3,5-6,8,13-15H,4,7,9-12H2,1-2H3,(H,19,21,22). The molecule has 1 aliphatic carbocycles. The number of aromatic nitrogens is 4. The van der Waals surface area contributed by atoms with Crippen LogP contribution in [0.5, 0.6) is 0 Å². The molecule has 2 aromatic heterocycles. The molecule has 1 spiro atoms. The fourth-order valence-electron chi connectivity index (χ4n) is 4.31. The number of hydrogen-bond donors (Lipinski definition) is 1. The van der Waals surface area contributed by atoms with Crippen LogP contribution in [0, 0.1) is 5.41 Å². The number of anilines is 1. The largest absolute Gasteiger partial charge is 0.367 e. The minimum absolute atomic E-state index is 0.476. The molecule has 0 bridgehead atoms. The van der Waals surface area contributed by atoms with E-state index in [1.54, 1.807) is 12.5 Å². The summed E-state index contributed by atoms with van der Waals surface area (Å²) in [6, 6.07) is 2.97. The van der Waals surface area contributed by atoms with Gasteiger partial charge in [0.25, 0.3) is 0 Å². The Balaban J connectivity index is 1.30. The van der Waals surface area contributed by atoms with Crippen molar-refractivity contribution in [1.82, 2.24) is 24.4 Å². The van der Waals surface area contributed by atoms with E-state index in [2.05, 4.69) is 49.8 Å². The molecule has 0 aromatic carbocycles. The predicted molar refractivity (Wildman–Crippen MR) is 93.6 cm³/mol. The van der Waals surface area contributed by atoms with Crippen molar-refractivity contribution in [2.45, 2.75) is 51.7 Å². The fourth-order valence-corrected chi connectivity index (χ4v) is 4.31. The predicted octanol–water partition coefficient (Wildman–Crippen LogP) is 2.72. The first-order chi connectivity index (χ1) is 11.6. The van der Waals surface area contributed by atoms with Crippen LogP contribution in [-0.2, 0) is 6.54 Å². The van der Waals surface area contributed by atoms with E-state index in [4.69, 9.17) is 0 Å². The molecule has 0 atom stereocenters. The lowest BCUT2D eigenvalue weighted by Crippen LogP contribution is -2.46. The van der Waals surface area contributed by atoms with Gasteiger partial charge in [-0.25, -0.2) is 15.0 Å². The summed E-state index contributed by atoms with van der Waals surface area (Å²) >= 11 is 0. The molecule has 3 heterocycles. The molecule has 1 saturated carbocycles. The van der Waals surface area contributed by atoms with E-state index < -0.39 is 0 Å². The van der Waals surface area contributed by atoms with Crippen molar-refractivity contribution in [3.63, 3.8) is 0 Å². The zero-order valence-electron chi connectivity index (χ0n) is 14.5. The lowest BCUT2D eigenvalue weighted by molar-refractivity contribution is 0.119. The van der Waals surface area contributed by atoms with Crippen molar-refractivity contribution >= 4 is 5.82 Å². The van der Waals surface area contributed by atoms with E-state index in [9.17, 15) is 0 Å². The van der Waals surface area contributed by atoms with Gasteiger partial charge in [0.2, 0.25) is 0 Å². The van der Waals surface area contributed by atoms with Crippen LogP contribution in [0.1, 0.15) is 45.0 Å². The lowest BCUT2D eigenvalue weighted by atomic mass is 9.65. The molecule has 128 valence electrons. The summed E-state index contributed by atoms with van der Waals surface area (Å²) in [7, 11) is 0. The van der Waals surface area contributed by atoms with Crippen LogP contribution >= 0.6 is 0 Å². The summed E-state index contributed by atoms with van der Waals surface area (Å²) in [6.07, 6.45) is 11.2. The Morgan fingerprint density at radius 3 is 2.92 bits per heavy atom. The summed E-state index contributed by atoms with van der Waals surface area (Å²) in [6.45, 7) is 7.78. The van der Waals surface area contributed by atoms with Gasteiger partial charge in [-0.05, 0) is 51.1 Å². The average molecular weight is 326 g/mol. The van der Waals surface area contributed by atoms with Crippen LogP contribution in [-0.4, -0.2) is 43.6 Å². The third-order valence-corrected chi connectivity index (χ3v) is 5.48. The van der Waals surface area contributed by atoms with E-state index in [1.165, 1.54) is 38.2 Å². The molecule has 1 N–H and O–H groups in total. The maximum atomic E-state index is 4.56. The first kappa shape index (κ1) is 15.6. The second kappa shape index (κ2) is 6.16. The summed E-state index contributed by atoms with van der Waals surface area (Å²) in [5.41, 5.74) is 0.500. The Morgan fingerprint density at radius 2 is 2.17 bits per heavy atom. The lowest BCUT2D eigenvalue weighted by Gasteiger charge is -2.45. The monoisotopic (exact) mass is 326 g/mol. The van der Waals surface area contributed by atoms with Crippen molar-refractivity contribution in [1.29, 1.82) is 0 Å². The molecule has 0 unspecified atom stereocenters. The minimum Gasteiger partial charge on any atom is -0.367 e. The van der Waals surface area contributed by atoms with Gasteiger partial charge in [0.05, 0.1) is 6.54 Å². The molecule has 1 saturated heterocycles. The maximum absolute atomic E-state index is 4.56. The van der Waals surface area contributed by atoms with Gasteiger partial charge in [0.1, 0.15) is 18.0 Å². The maximum Gasteiger partial charge on any atom is 0.129 e. The SMILES string of the molecule is CC(C)n1ccnc1CN1CCC2(CC(Nc3ccncn3)C2)C1. The molecular formula is C18H26N6. The van der Waals surface area contributed by atoms with E-state index >= 15 is 0 Å². The molecule has 1 aliphatic heterocycles. The number of hydrogen-bond acceptors (Lipinski definition) is 5. The smallest absolute Gasteiger partial charge is 0.129 e. The summed E-state index contributed by atoms with van der Waals surface area (Å²) in [5, 5.41) is 3.53. The molecular weight excluding hydrogens is 300 g/mol. The van der Waals surface area contributed by atoms with Crippen molar-refractivity contribution in [3.8, 4) is 0 Å². The van der Waals surface area contributed by atoms with Crippen LogP contribution < -0.4 is 5.32 Å². The highest BCUT2D eigenvalue weighted by Crippen LogP contribution is 2.49. The van der Waals surface area contributed by atoms with Gasteiger partial charge in [-0.3, -0.25) is 4.90 Å². The van der Waals surface area contributed by atoms with Crippen LogP contribution in [0.4, 0.5) is 5.82 Å². The third kappa shape index (κ3) is 3.02. The van der Waals surface area contributed by atoms with E-state index in [1.807, 2.05) is 12.3 Å². The number of nitrogens with zero attached hydrogens (tertiary/aromatic N) is 5. The quantitative estimate of drug-likeness (QED) is 0.915. The highest BCUT2D eigenvalue weighted by molar-refractivity contribution is 5.34. The summed E-state index contributed by atoms with van der Waals surface area (Å²) in [5.74, 6) is 2.13. The average Bonchev–Trinajstić information content (AvgIpc) is 3.16. The second-order valence-corrected chi connectivity index (χ2v) is 7.65. The zero-order chi connectivity index (χ0) is 16.6. The third-order valence-electron chi connectivity index (χ3n) is 5.48. The van der Waals surface area contributed by atoms with Crippen molar-refractivity contribution < 1.29 is 0 Å². The van der Waals surface area contributed by atoms with Crippen LogP contribution in [0.3, 0.4) is 0 Å². The van der Waals surface area contributed by atoms with Gasteiger partial charge >= 0.3 is 0 Å². The Kier molecular flexibility index (Phi) is 4.00. The summed E-state index contributed by atoms with van der Waals surface area (Å²) in [4.78, 5) is 15.4. The number of likely N-dealkylation sites (tertiary alicyclic amines) is 1. The molecule has 0 amide bonds. The molecule has 2 aromatic rings. The van der Waals surface area contributed by atoms with E-state index in [0.717, 1.165) is 12.4 Å². The van der Waals surface area contributed by atoms with Gasteiger partial charge in [-0.15, -0.1) is 0 Å². The Labute approximate surface area is 143 Å². The van der Waals surface area contributed by atoms with Crippen LogP contribution in [0.2, 0.25) is 0 Å². The highest BCUT2D eigenvalue weighted by Gasteiger charge is 2.48. The van der Waals surface area contributed by atoms with Gasteiger partial charge in [-0.2, -0.15) is 0 Å². The number of rotatable bonds is 5. The molecule has 24 heavy (non-hydrogen) atoms. The molecule has 0 radical (unpaired) electrons. The Bertz CT molecular complexity index is 674. The molecule has 6 nitrogen and oxygen atoms in total. The highest BCUT2D eigenvalue weighted by atomic mass is 15.2. The van der Waals surface area contributed by atoms with E-state index in [-0.39, 0.29) is 0 Å². The first-order valence-corrected chi connectivity index (χ1v) is 8.90. The molecule has 6 heteroatoms. The Morgan fingerprint density at radius 1 is 1.29 bits per heavy atom. The van der Waals surface area contributed by atoms with Crippen molar-refractivity contribution in [2.24, 2.45) is 5.41 Å². The zero-order valence-corrected chi connectivity index (χ0v) is 14.5. The van der Waals surface area contributed by atoms with Crippen molar-refractivity contribution in [3.05, 3.63) is 36.8 Å². The first-order valence-electron chi connectivity index (χ1n) is 8.90. The molecule has 4 rings (SSSR count). The number of nitrogens with one attached hydrogen (secondary N) is 1.